The van der Waals surface area contributed by atoms with E-state index in [1.54, 1.807) is 0 Å². The molecule has 6 heteroatoms. The zero-order valence-electron chi connectivity index (χ0n) is 9.38. The first-order valence-electron chi connectivity index (χ1n) is 5.78. The van der Waals surface area contributed by atoms with Crippen molar-refractivity contribution in [3.8, 4) is 0 Å². The van der Waals surface area contributed by atoms with E-state index in [2.05, 4.69) is 15.3 Å². The van der Waals surface area contributed by atoms with Crippen molar-refractivity contribution in [2.24, 2.45) is 5.92 Å². The van der Waals surface area contributed by atoms with E-state index >= 15 is 0 Å². The van der Waals surface area contributed by atoms with Crippen LogP contribution < -0.4 is 10.9 Å². The lowest BCUT2D eigenvalue weighted by molar-refractivity contribution is 0.377. The SMILES string of the molecule is O=c1[nH]cnc(NCC2CCC(Cl)CC2)c1Cl. The van der Waals surface area contributed by atoms with Gasteiger partial charge in [0.05, 0.1) is 6.33 Å². The van der Waals surface area contributed by atoms with Crippen LogP contribution in [0, 0.1) is 5.92 Å². The predicted molar refractivity (Wildman–Crippen MR) is 70.0 cm³/mol. The summed E-state index contributed by atoms with van der Waals surface area (Å²) >= 11 is 11.9. The quantitative estimate of drug-likeness (QED) is 0.834. The highest BCUT2D eigenvalue weighted by molar-refractivity contribution is 6.32. The summed E-state index contributed by atoms with van der Waals surface area (Å²) in [6, 6.07) is 0. The fourth-order valence-electron chi connectivity index (χ4n) is 2.07. The predicted octanol–water partition coefficient (Wildman–Crippen LogP) is 2.63. The first-order valence-corrected chi connectivity index (χ1v) is 6.59. The zero-order chi connectivity index (χ0) is 12.3. The molecule has 0 amide bonds. The molecule has 0 bridgehead atoms. The van der Waals surface area contributed by atoms with E-state index < -0.39 is 0 Å². The molecule has 1 aliphatic rings. The van der Waals surface area contributed by atoms with Crippen molar-refractivity contribution in [3.63, 3.8) is 0 Å². The minimum absolute atomic E-state index is 0.124. The Bertz CT molecular complexity index is 427. The fourth-order valence-corrected chi connectivity index (χ4v) is 2.50. The molecule has 0 aromatic carbocycles. The Morgan fingerprint density at radius 1 is 1.41 bits per heavy atom. The van der Waals surface area contributed by atoms with Gasteiger partial charge in [0.15, 0.2) is 5.82 Å². The zero-order valence-corrected chi connectivity index (χ0v) is 10.9. The standard InChI is InChI=1S/C11H15Cl2N3O/c12-8-3-1-7(2-4-8)5-14-10-9(13)11(17)16-6-15-10/h6-8H,1-5H2,(H2,14,15,16,17). The van der Waals surface area contributed by atoms with E-state index in [-0.39, 0.29) is 10.6 Å². The smallest absolute Gasteiger partial charge is 0.271 e. The van der Waals surface area contributed by atoms with Crippen LogP contribution in [0.15, 0.2) is 11.1 Å². The number of rotatable bonds is 3. The molecule has 2 rings (SSSR count). The van der Waals surface area contributed by atoms with Crippen LogP contribution in [0.2, 0.25) is 5.02 Å². The summed E-state index contributed by atoms with van der Waals surface area (Å²) in [6.07, 6.45) is 5.70. The highest BCUT2D eigenvalue weighted by atomic mass is 35.5. The first kappa shape index (κ1) is 12.7. The number of halogens is 2. The highest BCUT2D eigenvalue weighted by Gasteiger charge is 2.19. The van der Waals surface area contributed by atoms with E-state index in [4.69, 9.17) is 23.2 Å². The van der Waals surface area contributed by atoms with Crippen LogP contribution in [0.1, 0.15) is 25.7 Å². The van der Waals surface area contributed by atoms with Gasteiger partial charge >= 0.3 is 0 Å². The minimum Gasteiger partial charge on any atom is -0.368 e. The lowest BCUT2D eigenvalue weighted by Gasteiger charge is -2.25. The summed E-state index contributed by atoms with van der Waals surface area (Å²) in [7, 11) is 0. The van der Waals surface area contributed by atoms with Crippen LogP contribution in [0.3, 0.4) is 0 Å². The third-order valence-electron chi connectivity index (χ3n) is 3.13. The summed E-state index contributed by atoms with van der Waals surface area (Å²) in [5.74, 6) is 1.05. The second kappa shape index (κ2) is 5.74. The molecule has 0 atom stereocenters. The van der Waals surface area contributed by atoms with Gasteiger partial charge in [-0.05, 0) is 31.6 Å². The van der Waals surface area contributed by atoms with Gasteiger partial charge in [-0.2, -0.15) is 0 Å². The molecule has 1 aromatic heterocycles. The number of nitrogens with one attached hydrogen (secondary N) is 2. The highest BCUT2D eigenvalue weighted by Crippen LogP contribution is 2.27. The van der Waals surface area contributed by atoms with Crippen molar-refractivity contribution in [1.82, 2.24) is 9.97 Å². The molecule has 0 radical (unpaired) electrons. The van der Waals surface area contributed by atoms with E-state index in [1.165, 1.54) is 6.33 Å². The molecular weight excluding hydrogens is 261 g/mol. The maximum absolute atomic E-state index is 11.2. The Hall–Kier alpha value is -0.740. The van der Waals surface area contributed by atoms with Gasteiger partial charge in [0.1, 0.15) is 5.02 Å². The van der Waals surface area contributed by atoms with E-state index in [9.17, 15) is 4.79 Å². The third-order valence-corrected chi connectivity index (χ3v) is 3.92. The van der Waals surface area contributed by atoms with Crippen LogP contribution >= 0.6 is 23.2 Å². The number of H-pyrrole nitrogens is 1. The molecular formula is C11H15Cl2N3O. The topological polar surface area (TPSA) is 57.8 Å². The Labute approximate surface area is 110 Å². The van der Waals surface area contributed by atoms with Gasteiger partial charge in [-0.15, -0.1) is 11.6 Å². The minimum atomic E-state index is -0.311. The Morgan fingerprint density at radius 3 is 2.82 bits per heavy atom. The summed E-state index contributed by atoms with van der Waals surface area (Å²) in [6.45, 7) is 0.791. The molecule has 0 saturated heterocycles. The lowest BCUT2D eigenvalue weighted by Crippen LogP contribution is -2.22. The molecule has 1 heterocycles. The summed E-state index contributed by atoms with van der Waals surface area (Å²) < 4.78 is 0. The summed E-state index contributed by atoms with van der Waals surface area (Å²) in [5, 5.41) is 3.58. The van der Waals surface area contributed by atoms with Gasteiger partial charge in [0, 0.05) is 11.9 Å². The molecule has 1 aliphatic carbocycles. The maximum Gasteiger partial charge on any atom is 0.271 e. The number of aromatic amines is 1. The monoisotopic (exact) mass is 275 g/mol. The van der Waals surface area contributed by atoms with Crippen LogP contribution in [-0.2, 0) is 0 Å². The number of aromatic nitrogens is 2. The van der Waals surface area contributed by atoms with Crippen LogP contribution in [0.25, 0.3) is 0 Å². The molecule has 94 valence electrons. The molecule has 0 aliphatic heterocycles. The number of anilines is 1. The van der Waals surface area contributed by atoms with Crippen molar-refractivity contribution in [2.45, 2.75) is 31.1 Å². The van der Waals surface area contributed by atoms with Gasteiger partial charge < -0.3 is 10.3 Å². The van der Waals surface area contributed by atoms with Crippen molar-refractivity contribution in [3.05, 3.63) is 21.7 Å². The van der Waals surface area contributed by atoms with E-state index in [0.717, 1.165) is 32.2 Å². The van der Waals surface area contributed by atoms with Gasteiger partial charge in [-0.1, -0.05) is 11.6 Å². The largest absolute Gasteiger partial charge is 0.368 e. The number of hydrogen-bond donors (Lipinski definition) is 2. The van der Waals surface area contributed by atoms with Crippen LogP contribution in [0.4, 0.5) is 5.82 Å². The summed E-state index contributed by atoms with van der Waals surface area (Å²) in [5.41, 5.74) is -0.311. The normalized spacial score (nSPS) is 24.6. The molecule has 0 spiro atoms. The average molecular weight is 276 g/mol. The van der Waals surface area contributed by atoms with Gasteiger partial charge in [0.25, 0.3) is 5.56 Å². The second-order valence-electron chi connectivity index (χ2n) is 4.39. The van der Waals surface area contributed by atoms with Crippen LogP contribution in [0.5, 0.6) is 0 Å². The molecule has 4 nitrogen and oxygen atoms in total. The number of hydrogen-bond acceptors (Lipinski definition) is 3. The Balaban J connectivity index is 1.90. The number of alkyl halides is 1. The second-order valence-corrected chi connectivity index (χ2v) is 5.39. The molecule has 1 fully saturated rings. The van der Waals surface area contributed by atoms with Gasteiger partial charge in [-0.3, -0.25) is 4.79 Å². The summed E-state index contributed by atoms with van der Waals surface area (Å²) in [4.78, 5) is 17.7. The third kappa shape index (κ3) is 3.36. The van der Waals surface area contributed by atoms with E-state index in [1.807, 2.05) is 0 Å². The lowest BCUT2D eigenvalue weighted by atomic mass is 9.89. The number of nitrogens with zero attached hydrogens (tertiary/aromatic N) is 1. The molecule has 1 aromatic rings. The average Bonchev–Trinajstić information content (AvgIpc) is 2.33. The Kier molecular flexibility index (Phi) is 4.29. The first-order chi connectivity index (χ1) is 8.16. The van der Waals surface area contributed by atoms with Gasteiger partial charge in [0.2, 0.25) is 0 Å². The van der Waals surface area contributed by atoms with Crippen molar-refractivity contribution in [1.29, 1.82) is 0 Å². The fraction of sp³-hybridized carbons (Fsp3) is 0.636. The Morgan fingerprint density at radius 2 is 2.12 bits per heavy atom. The van der Waals surface area contributed by atoms with Gasteiger partial charge in [-0.25, -0.2) is 4.98 Å². The van der Waals surface area contributed by atoms with Crippen molar-refractivity contribution >= 4 is 29.0 Å². The molecule has 17 heavy (non-hydrogen) atoms. The van der Waals surface area contributed by atoms with E-state index in [0.29, 0.717) is 17.1 Å². The van der Waals surface area contributed by atoms with Crippen molar-refractivity contribution in [2.75, 3.05) is 11.9 Å². The molecule has 1 saturated carbocycles. The van der Waals surface area contributed by atoms with Crippen molar-refractivity contribution < 1.29 is 0 Å². The van der Waals surface area contributed by atoms with Crippen LogP contribution in [-0.4, -0.2) is 21.9 Å². The maximum atomic E-state index is 11.2. The molecule has 0 unspecified atom stereocenters. The molecule has 2 N–H and O–H groups in total.